The van der Waals surface area contributed by atoms with Crippen LogP contribution in [0.25, 0.3) is 0 Å². The number of nitrogens with zero attached hydrogens (tertiary/aromatic N) is 3. The zero-order chi connectivity index (χ0) is 22.1. The predicted octanol–water partition coefficient (Wildman–Crippen LogP) is 1.83. The Morgan fingerprint density at radius 1 is 1.25 bits per heavy atom. The number of nitrogens with one attached hydrogen (secondary N) is 1. The van der Waals surface area contributed by atoms with Gasteiger partial charge in [-0.3, -0.25) is 14.5 Å². The third-order valence-corrected chi connectivity index (χ3v) is 6.12. The third-order valence-electron chi connectivity index (χ3n) is 6.12. The van der Waals surface area contributed by atoms with Crippen LogP contribution in [0.1, 0.15) is 40.2 Å². The number of rotatable bonds is 6. The minimum atomic E-state index is -0.494. The molecular weight excluding hydrogens is 412 g/mol. The summed E-state index contributed by atoms with van der Waals surface area (Å²) in [7, 11) is 0. The molecule has 2 aromatic rings. The van der Waals surface area contributed by atoms with Gasteiger partial charge >= 0.3 is 0 Å². The Morgan fingerprint density at radius 3 is 2.91 bits per heavy atom. The van der Waals surface area contributed by atoms with Crippen molar-refractivity contribution < 1.29 is 23.6 Å². The van der Waals surface area contributed by atoms with Crippen LogP contribution in [-0.2, 0) is 29.2 Å². The van der Waals surface area contributed by atoms with E-state index < -0.39 is 6.04 Å². The third kappa shape index (κ3) is 4.13. The number of fused-ring (bicyclic) bond motifs is 1. The largest absolute Gasteiger partial charge is 0.487 e. The lowest BCUT2D eigenvalue weighted by Gasteiger charge is -2.30. The first-order valence-corrected chi connectivity index (χ1v) is 10.9. The molecular formula is C23H26N4O5. The molecule has 168 valence electrons. The van der Waals surface area contributed by atoms with Crippen LogP contribution in [0.5, 0.6) is 5.75 Å². The van der Waals surface area contributed by atoms with Crippen LogP contribution in [-0.4, -0.2) is 59.1 Å². The van der Waals surface area contributed by atoms with Gasteiger partial charge in [-0.05, 0) is 25.0 Å². The molecule has 0 radical (unpaired) electrons. The smallest absolute Gasteiger partial charge is 0.255 e. The van der Waals surface area contributed by atoms with E-state index in [0.717, 1.165) is 37.6 Å². The van der Waals surface area contributed by atoms with Gasteiger partial charge in [0.1, 0.15) is 24.1 Å². The highest BCUT2D eigenvalue weighted by Crippen LogP contribution is 2.34. The number of morpholine rings is 1. The van der Waals surface area contributed by atoms with E-state index in [1.54, 1.807) is 17.0 Å². The monoisotopic (exact) mass is 438 g/mol. The zero-order valence-electron chi connectivity index (χ0n) is 17.8. The lowest BCUT2D eigenvalue weighted by atomic mass is 10.0. The maximum absolute atomic E-state index is 13.0. The van der Waals surface area contributed by atoms with Crippen LogP contribution in [0, 0.1) is 0 Å². The van der Waals surface area contributed by atoms with Crippen LogP contribution in [0.3, 0.4) is 0 Å². The average molecular weight is 438 g/mol. The standard InChI is InChI=1S/C23H26N4O5/c1-15-5-6-20(22(28)24-15)27-13-19-18(23(27)29)3-2-4-21(19)31-14-16-11-17(32-25-16)12-26-7-9-30-10-8-26/h2-4,11,20H,1,5-10,12-14H2,(H,24,28). The molecule has 5 rings (SSSR count). The Bertz CT molecular complexity index is 1040. The van der Waals surface area contributed by atoms with Crippen molar-refractivity contribution in [2.45, 2.75) is 38.6 Å². The molecule has 1 atom stereocenters. The highest BCUT2D eigenvalue weighted by Gasteiger charge is 2.39. The van der Waals surface area contributed by atoms with E-state index in [-0.39, 0.29) is 18.4 Å². The van der Waals surface area contributed by atoms with Crippen molar-refractivity contribution in [1.29, 1.82) is 0 Å². The first-order chi connectivity index (χ1) is 15.6. The Morgan fingerprint density at radius 2 is 2.09 bits per heavy atom. The fourth-order valence-corrected chi connectivity index (χ4v) is 4.40. The Balaban J connectivity index is 1.24. The van der Waals surface area contributed by atoms with Gasteiger partial charge in [-0.1, -0.05) is 17.8 Å². The van der Waals surface area contributed by atoms with E-state index in [4.69, 9.17) is 14.0 Å². The quantitative estimate of drug-likeness (QED) is 0.735. The van der Waals surface area contributed by atoms with Crippen molar-refractivity contribution in [2.75, 3.05) is 26.3 Å². The molecule has 9 nitrogen and oxygen atoms in total. The van der Waals surface area contributed by atoms with Crippen LogP contribution in [0.4, 0.5) is 0 Å². The molecule has 0 bridgehead atoms. The molecule has 1 unspecified atom stereocenters. The molecule has 1 aromatic carbocycles. The molecule has 0 aliphatic carbocycles. The van der Waals surface area contributed by atoms with Gasteiger partial charge in [0.15, 0.2) is 5.76 Å². The molecule has 9 heteroatoms. The topological polar surface area (TPSA) is 97.1 Å². The van der Waals surface area contributed by atoms with Gasteiger partial charge in [0, 0.05) is 36.0 Å². The van der Waals surface area contributed by atoms with Crippen LogP contribution in [0.2, 0.25) is 0 Å². The summed E-state index contributed by atoms with van der Waals surface area (Å²) in [6, 6.07) is 6.82. The summed E-state index contributed by atoms with van der Waals surface area (Å²) in [6.45, 7) is 8.30. The number of benzene rings is 1. The van der Waals surface area contributed by atoms with E-state index in [1.165, 1.54) is 0 Å². The maximum atomic E-state index is 13.0. The van der Waals surface area contributed by atoms with Gasteiger partial charge in [0.25, 0.3) is 5.91 Å². The number of carbonyl (C=O) groups is 2. The maximum Gasteiger partial charge on any atom is 0.255 e. The number of allylic oxidation sites excluding steroid dienone is 1. The van der Waals surface area contributed by atoms with Gasteiger partial charge in [0.2, 0.25) is 5.91 Å². The molecule has 0 spiro atoms. The Labute approximate surface area is 185 Å². The van der Waals surface area contributed by atoms with Crippen LogP contribution in [0.15, 0.2) is 41.1 Å². The van der Waals surface area contributed by atoms with Gasteiger partial charge in [-0.25, -0.2) is 0 Å². The van der Waals surface area contributed by atoms with Crippen molar-refractivity contribution in [2.24, 2.45) is 0 Å². The minimum absolute atomic E-state index is 0.146. The molecule has 4 heterocycles. The molecule has 2 fully saturated rings. The highest BCUT2D eigenvalue weighted by atomic mass is 16.5. The van der Waals surface area contributed by atoms with E-state index in [0.29, 0.717) is 48.6 Å². The number of ether oxygens (including phenoxy) is 2. The summed E-state index contributed by atoms with van der Waals surface area (Å²) in [4.78, 5) is 29.3. The van der Waals surface area contributed by atoms with E-state index in [9.17, 15) is 9.59 Å². The Kier molecular flexibility index (Phi) is 5.67. The summed E-state index contributed by atoms with van der Waals surface area (Å²) in [5, 5.41) is 6.87. The number of aromatic nitrogens is 1. The number of hydrogen-bond donors (Lipinski definition) is 1. The van der Waals surface area contributed by atoms with Crippen molar-refractivity contribution in [3.05, 3.63) is 59.1 Å². The number of amides is 2. The molecule has 1 aromatic heterocycles. The average Bonchev–Trinajstić information content (AvgIpc) is 3.38. The minimum Gasteiger partial charge on any atom is -0.487 e. The second-order valence-corrected chi connectivity index (χ2v) is 8.32. The van der Waals surface area contributed by atoms with Gasteiger partial charge in [0.05, 0.1) is 26.3 Å². The zero-order valence-corrected chi connectivity index (χ0v) is 17.8. The van der Waals surface area contributed by atoms with Gasteiger partial charge < -0.3 is 24.2 Å². The second kappa shape index (κ2) is 8.76. The van der Waals surface area contributed by atoms with E-state index in [2.05, 4.69) is 22.0 Å². The fourth-order valence-electron chi connectivity index (χ4n) is 4.40. The summed E-state index contributed by atoms with van der Waals surface area (Å²) in [5.74, 6) is 1.08. The molecule has 0 saturated carbocycles. The Hall–Kier alpha value is -3.17. The summed E-state index contributed by atoms with van der Waals surface area (Å²) in [6.07, 6.45) is 1.24. The van der Waals surface area contributed by atoms with Crippen molar-refractivity contribution in [3.8, 4) is 5.75 Å². The molecule has 32 heavy (non-hydrogen) atoms. The van der Waals surface area contributed by atoms with Crippen molar-refractivity contribution >= 4 is 11.8 Å². The molecule has 2 amide bonds. The summed E-state index contributed by atoms with van der Waals surface area (Å²) < 4.78 is 16.8. The normalized spacial score (nSPS) is 21.6. The van der Waals surface area contributed by atoms with Crippen LogP contribution < -0.4 is 10.1 Å². The van der Waals surface area contributed by atoms with Crippen LogP contribution >= 0.6 is 0 Å². The first kappa shape index (κ1) is 20.7. The SMILES string of the molecule is C=C1CCC(N2Cc3c(OCc4cc(CN5CCOCC5)on4)cccc3C2=O)C(=O)N1. The molecule has 3 aliphatic rings. The predicted molar refractivity (Wildman–Crippen MR) is 114 cm³/mol. The fraction of sp³-hybridized carbons (Fsp3) is 0.435. The summed E-state index contributed by atoms with van der Waals surface area (Å²) in [5.41, 5.74) is 2.76. The number of carbonyl (C=O) groups excluding carboxylic acids is 2. The van der Waals surface area contributed by atoms with Crippen molar-refractivity contribution in [1.82, 2.24) is 20.3 Å². The molecule has 3 aliphatic heterocycles. The lowest BCUT2D eigenvalue weighted by Crippen LogP contribution is -2.49. The molecule has 2 saturated heterocycles. The first-order valence-electron chi connectivity index (χ1n) is 10.9. The number of piperidine rings is 1. The highest BCUT2D eigenvalue weighted by molar-refractivity contribution is 6.02. The molecule has 1 N–H and O–H groups in total. The van der Waals surface area contributed by atoms with E-state index >= 15 is 0 Å². The lowest BCUT2D eigenvalue weighted by molar-refractivity contribution is -0.126. The van der Waals surface area contributed by atoms with Gasteiger partial charge in [-0.15, -0.1) is 0 Å². The number of hydrogen-bond acceptors (Lipinski definition) is 7. The second-order valence-electron chi connectivity index (χ2n) is 8.32. The van der Waals surface area contributed by atoms with Gasteiger partial charge in [-0.2, -0.15) is 0 Å². The van der Waals surface area contributed by atoms with E-state index in [1.807, 2.05) is 12.1 Å². The summed E-state index contributed by atoms with van der Waals surface area (Å²) >= 11 is 0. The van der Waals surface area contributed by atoms with Crippen molar-refractivity contribution in [3.63, 3.8) is 0 Å².